The number of allylic oxidation sites excluding steroid dienone is 2. The number of Topliss-reactive ketones (excluding diaryl/α,β-unsaturated/α-hetero) is 1. The largest absolute Gasteiger partial charge is 0.481 e. The molecule has 10 unspecified atom stereocenters. The molecule has 386 valence electrons. The van der Waals surface area contributed by atoms with Crippen LogP contribution in [0, 0.1) is 91.7 Å². The van der Waals surface area contributed by atoms with Gasteiger partial charge in [-0.1, -0.05) is 109 Å². The van der Waals surface area contributed by atoms with Crippen LogP contribution in [-0.2, 0) is 47.5 Å². The highest BCUT2D eigenvalue weighted by Crippen LogP contribution is 2.76. The number of aliphatic carboxylic acids is 1. The summed E-state index contributed by atoms with van der Waals surface area (Å²) in [6, 6.07) is 0. The van der Waals surface area contributed by atoms with E-state index in [4.69, 9.17) is 33.2 Å². The second-order valence-corrected chi connectivity index (χ2v) is 26.2. The molecule has 4 saturated carbocycles. The Bertz CT molecular complexity index is 1920. The molecule has 0 amide bonds. The first-order chi connectivity index (χ1) is 31.8. The molecule has 0 spiro atoms. The van der Waals surface area contributed by atoms with Crippen molar-refractivity contribution in [3.05, 3.63) is 11.6 Å². The molecular weight excluding hydrogens is 861 g/mol. The van der Waals surface area contributed by atoms with Crippen LogP contribution in [0.1, 0.15) is 168 Å². The second-order valence-electron chi connectivity index (χ2n) is 26.2. The molecule has 0 bridgehead atoms. The Morgan fingerprint density at radius 1 is 0.750 bits per heavy atom. The van der Waals surface area contributed by atoms with Gasteiger partial charge >= 0.3 is 5.97 Å². The number of ketones is 1. The smallest absolute Gasteiger partial charge is 0.312 e. The fourth-order valence-corrected chi connectivity index (χ4v) is 17.0. The quantitative estimate of drug-likeness (QED) is 0.120. The van der Waals surface area contributed by atoms with Crippen LogP contribution in [0.3, 0.4) is 0 Å². The number of carboxylic acids is 1. The molecular formula is C57H92O11. The molecule has 11 heteroatoms. The van der Waals surface area contributed by atoms with Gasteiger partial charge in [-0.3, -0.25) is 9.59 Å². The van der Waals surface area contributed by atoms with Crippen LogP contribution in [0.25, 0.3) is 0 Å². The highest BCUT2D eigenvalue weighted by atomic mass is 16.8. The standard InChI is InChI=1S/C57H92O11/c1-17-40-33(5)32(4)35(7)49(64-40)68-47-46(67-48-34(6)31(3)30(2)28-63-48)36(8)45(37(9)59)66-50(47)65-43-21-22-53(12)41(54(43,13)29-58)20-23-55(14)42(53)19-18-38-39-26-52(10,11)24-25-57(39,51(60)61)44(62-16)27-56(38,55)15/h18,29-36,39-50H,17,19-28H2,1-16H3,(H,60,61)/t30-,31+,32+,33-,34?,35?,36-,39?,40?,41-,42?,43+,44-,45?,46+,47?,48+,49+,50-,53?,54?,55-,56?,57-/m1/s1. The van der Waals surface area contributed by atoms with Crippen LogP contribution in [0.5, 0.6) is 0 Å². The molecule has 0 radical (unpaired) electrons. The second kappa shape index (κ2) is 18.6. The van der Waals surface area contributed by atoms with Gasteiger partial charge in [0.1, 0.15) is 23.9 Å². The summed E-state index contributed by atoms with van der Waals surface area (Å²) in [6.07, 6.45) is 6.35. The number of aldehydes is 1. The highest BCUT2D eigenvalue weighted by molar-refractivity contribution is 5.81. The van der Waals surface area contributed by atoms with Crippen LogP contribution in [0.15, 0.2) is 11.6 Å². The minimum Gasteiger partial charge on any atom is -0.481 e. The number of carbonyl (C=O) groups is 3. The monoisotopic (exact) mass is 953 g/mol. The maximum Gasteiger partial charge on any atom is 0.312 e. The predicted octanol–water partition coefficient (Wildman–Crippen LogP) is 11.1. The lowest BCUT2D eigenvalue weighted by molar-refractivity contribution is -0.374. The fraction of sp³-hybridized carbons (Fsp3) is 0.912. The molecule has 0 aromatic heterocycles. The van der Waals surface area contributed by atoms with Crippen LogP contribution in [-0.4, -0.2) is 92.4 Å². The average molecular weight is 953 g/mol. The van der Waals surface area contributed by atoms with Gasteiger partial charge in [0.15, 0.2) is 24.7 Å². The van der Waals surface area contributed by atoms with E-state index in [1.165, 1.54) is 11.9 Å². The fourth-order valence-electron chi connectivity index (χ4n) is 17.0. The Morgan fingerprint density at radius 3 is 2.06 bits per heavy atom. The van der Waals surface area contributed by atoms with Crippen molar-refractivity contribution in [2.75, 3.05) is 13.7 Å². The molecule has 68 heavy (non-hydrogen) atoms. The van der Waals surface area contributed by atoms with E-state index < -0.39 is 66.2 Å². The van der Waals surface area contributed by atoms with Crippen molar-refractivity contribution in [2.45, 2.75) is 224 Å². The Labute approximate surface area is 410 Å². The van der Waals surface area contributed by atoms with Gasteiger partial charge in [0.2, 0.25) is 0 Å². The Hall–Kier alpha value is -1.73. The third-order valence-electron chi connectivity index (χ3n) is 22.5. The van der Waals surface area contributed by atoms with E-state index in [1.54, 1.807) is 14.0 Å². The summed E-state index contributed by atoms with van der Waals surface area (Å²) >= 11 is 0. The van der Waals surface area contributed by atoms with Crippen molar-refractivity contribution in [3.63, 3.8) is 0 Å². The maximum atomic E-state index is 14.1. The van der Waals surface area contributed by atoms with Crippen molar-refractivity contribution < 1.29 is 52.6 Å². The van der Waals surface area contributed by atoms with Gasteiger partial charge in [0.05, 0.1) is 36.4 Å². The van der Waals surface area contributed by atoms with E-state index >= 15 is 0 Å². The number of ether oxygens (including phenoxy) is 7. The summed E-state index contributed by atoms with van der Waals surface area (Å²) < 4.78 is 48.2. The molecule has 8 rings (SSSR count). The summed E-state index contributed by atoms with van der Waals surface area (Å²) in [6.45, 7) is 33.8. The lowest BCUT2D eigenvalue weighted by Crippen LogP contribution is -2.68. The van der Waals surface area contributed by atoms with Crippen LogP contribution < -0.4 is 0 Å². The topological polar surface area (TPSA) is 136 Å². The summed E-state index contributed by atoms with van der Waals surface area (Å²) in [4.78, 5) is 41.3. The molecule has 3 aliphatic heterocycles. The number of carboxylic acid groups (broad SMARTS) is 1. The maximum absolute atomic E-state index is 14.1. The van der Waals surface area contributed by atoms with Gasteiger partial charge < -0.3 is 43.1 Å². The zero-order valence-electron chi connectivity index (χ0n) is 44.9. The van der Waals surface area contributed by atoms with E-state index in [0.717, 1.165) is 44.9 Å². The third-order valence-corrected chi connectivity index (χ3v) is 22.5. The summed E-state index contributed by atoms with van der Waals surface area (Å²) in [7, 11) is 1.72. The van der Waals surface area contributed by atoms with Crippen molar-refractivity contribution in [1.82, 2.24) is 0 Å². The van der Waals surface area contributed by atoms with E-state index in [1.807, 2.05) is 6.92 Å². The van der Waals surface area contributed by atoms with E-state index in [9.17, 15) is 19.5 Å². The molecule has 0 aromatic carbocycles. The van der Waals surface area contributed by atoms with Gasteiger partial charge in [0.25, 0.3) is 0 Å². The number of methoxy groups -OCH3 is 1. The molecule has 0 aromatic rings. The number of rotatable bonds is 11. The minimum absolute atomic E-state index is 0.00302. The van der Waals surface area contributed by atoms with Crippen molar-refractivity contribution >= 4 is 18.0 Å². The summed E-state index contributed by atoms with van der Waals surface area (Å²) in [5, 5.41) is 11.1. The number of carbonyl (C=O) groups excluding carboxylic acids is 2. The molecule has 8 aliphatic rings. The van der Waals surface area contributed by atoms with Crippen LogP contribution in [0.2, 0.25) is 0 Å². The van der Waals surface area contributed by atoms with E-state index in [0.29, 0.717) is 49.5 Å². The third kappa shape index (κ3) is 8.01. The Morgan fingerprint density at radius 2 is 1.43 bits per heavy atom. The Kier molecular flexibility index (Phi) is 14.4. The number of fused-ring (bicyclic) bond motifs is 7. The molecule has 11 nitrogen and oxygen atoms in total. The lowest BCUT2D eigenvalue weighted by atomic mass is 9.33. The molecule has 24 atom stereocenters. The molecule has 3 heterocycles. The van der Waals surface area contributed by atoms with E-state index in [2.05, 4.69) is 96.1 Å². The van der Waals surface area contributed by atoms with Gasteiger partial charge in [-0.15, -0.1) is 0 Å². The average Bonchev–Trinajstić information content (AvgIpc) is 3.28. The van der Waals surface area contributed by atoms with Gasteiger partial charge in [-0.25, -0.2) is 0 Å². The normalized spacial score (nSPS) is 53.4. The molecule has 3 saturated heterocycles. The highest BCUT2D eigenvalue weighted by Gasteiger charge is 2.72. The number of hydrogen-bond acceptors (Lipinski definition) is 10. The van der Waals surface area contributed by atoms with Gasteiger partial charge in [0, 0.05) is 24.9 Å². The molecule has 5 aliphatic carbocycles. The van der Waals surface area contributed by atoms with Crippen molar-refractivity contribution in [2.24, 2.45) is 91.7 Å². The lowest BCUT2D eigenvalue weighted by Gasteiger charge is -2.71. The minimum atomic E-state index is -1.02. The summed E-state index contributed by atoms with van der Waals surface area (Å²) in [5.74, 6) is 0.536. The first kappa shape index (κ1) is 52.6. The first-order valence-electron chi connectivity index (χ1n) is 27.1. The first-order valence-corrected chi connectivity index (χ1v) is 27.1. The zero-order valence-corrected chi connectivity index (χ0v) is 44.9. The van der Waals surface area contributed by atoms with E-state index in [-0.39, 0.29) is 69.1 Å². The summed E-state index contributed by atoms with van der Waals surface area (Å²) in [5.41, 5.74) is -1.10. The molecule has 7 fully saturated rings. The zero-order chi connectivity index (χ0) is 49.8. The predicted molar refractivity (Wildman–Crippen MR) is 260 cm³/mol. The van der Waals surface area contributed by atoms with Crippen molar-refractivity contribution in [1.29, 1.82) is 0 Å². The Balaban J connectivity index is 1.13. The SMILES string of the molecule is CCC1O[C@@H](OC2[C@H](O[C@H]3CCC4(C)C5CC=C6C7CC(C)(C)CC[C@]7(C(=O)O)[C@H](OC)CC6(C)[C@]5(C)CC[C@H]4C3(C)C=O)OC(C(C)=O)[C@@H](C)[C@@H]2O[C@@H]2OC[C@@H](C)[C@H](C)C2C)C(C)[C@@H](C)[C@H]1C. The van der Waals surface area contributed by atoms with Crippen LogP contribution in [0.4, 0.5) is 0 Å². The van der Waals surface area contributed by atoms with Crippen LogP contribution >= 0.6 is 0 Å². The molecule has 1 N–H and O–H groups in total. The van der Waals surface area contributed by atoms with Gasteiger partial charge in [-0.2, -0.15) is 0 Å². The van der Waals surface area contributed by atoms with Gasteiger partial charge in [-0.05, 0) is 134 Å². The van der Waals surface area contributed by atoms with Crippen molar-refractivity contribution in [3.8, 4) is 0 Å². The number of hydrogen-bond donors (Lipinski definition) is 1.